The van der Waals surface area contributed by atoms with Crippen LogP contribution in [-0.4, -0.2) is 59.4 Å². The second-order valence-corrected chi connectivity index (χ2v) is 8.87. The molecule has 0 saturated carbocycles. The zero-order valence-corrected chi connectivity index (χ0v) is 18.1. The maximum absolute atomic E-state index is 12.5. The van der Waals surface area contributed by atoms with Gasteiger partial charge in [-0.3, -0.25) is 9.69 Å². The number of nitrogens with zero attached hydrogens (tertiary/aromatic N) is 2. The first-order chi connectivity index (χ1) is 15.6. The van der Waals surface area contributed by atoms with Crippen molar-refractivity contribution in [1.29, 1.82) is 0 Å². The number of imidazole rings is 1. The van der Waals surface area contributed by atoms with Crippen molar-refractivity contribution in [1.82, 2.24) is 19.9 Å². The van der Waals surface area contributed by atoms with Crippen LogP contribution in [0.25, 0.3) is 33.3 Å². The summed E-state index contributed by atoms with van der Waals surface area (Å²) in [6, 6.07) is 15.1. The molecule has 0 radical (unpaired) electrons. The lowest BCUT2D eigenvalue weighted by Crippen LogP contribution is -2.36. The van der Waals surface area contributed by atoms with Gasteiger partial charge in [0.15, 0.2) is 0 Å². The first-order valence-corrected chi connectivity index (χ1v) is 11.6. The molecule has 8 nitrogen and oxygen atoms in total. The van der Waals surface area contributed by atoms with E-state index in [-0.39, 0.29) is 5.56 Å². The van der Waals surface area contributed by atoms with E-state index in [1.807, 2.05) is 48.5 Å². The standard InChI is InChI=1S/C23H22N4O4S/c28-23-18(13-15-3-1-2-4-19(15)26-23)22-24-20-6-5-16(14-21(20)25-22)31-12-11-27-9-7-17(8-10-27)32(29)30/h1-6,13-14H,7-12H2,(H,24,25)(H,26,28). The third kappa shape index (κ3) is 4.17. The van der Waals surface area contributed by atoms with Gasteiger partial charge in [0.25, 0.3) is 5.56 Å². The minimum Gasteiger partial charge on any atom is -0.492 e. The van der Waals surface area contributed by atoms with E-state index in [0.29, 0.717) is 41.5 Å². The van der Waals surface area contributed by atoms with Crippen LogP contribution in [0.5, 0.6) is 5.75 Å². The van der Waals surface area contributed by atoms with Crippen LogP contribution in [0.4, 0.5) is 0 Å². The van der Waals surface area contributed by atoms with Crippen LogP contribution in [0.1, 0.15) is 12.8 Å². The van der Waals surface area contributed by atoms with Crippen molar-refractivity contribution < 1.29 is 13.2 Å². The van der Waals surface area contributed by atoms with Crippen molar-refractivity contribution in [3.05, 3.63) is 58.9 Å². The molecule has 4 aromatic rings. The summed E-state index contributed by atoms with van der Waals surface area (Å²) < 4.78 is 28.0. The van der Waals surface area contributed by atoms with Crippen molar-refractivity contribution in [3.63, 3.8) is 0 Å². The fraction of sp³-hybridized carbons (Fsp3) is 0.261. The molecule has 0 spiro atoms. The highest BCUT2D eigenvalue weighted by Gasteiger charge is 2.16. The summed E-state index contributed by atoms with van der Waals surface area (Å²) >= 11 is 0. The van der Waals surface area contributed by atoms with Gasteiger partial charge in [0, 0.05) is 31.2 Å². The number of fused-ring (bicyclic) bond motifs is 2. The van der Waals surface area contributed by atoms with Crippen molar-refractivity contribution >= 4 is 37.1 Å². The fourth-order valence-corrected chi connectivity index (χ4v) is 4.53. The molecule has 0 unspecified atom stereocenters. The summed E-state index contributed by atoms with van der Waals surface area (Å²) in [4.78, 5) is 26.1. The minimum absolute atomic E-state index is 0.193. The van der Waals surface area contributed by atoms with Crippen LogP contribution in [0.2, 0.25) is 0 Å². The van der Waals surface area contributed by atoms with Crippen LogP contribution in [-0.2, 0) is 10.3 Å². The van der Waals surface area contributed by atoms with E-state index >= 15 is 0 Å². The van der Waals surface area contributed by atoms with Crippen LogP contribution in [0.3, 0.4) is 0 Å². The third-order valence-corrected chi connectivity index (χ3v) is 6.67. The molecule has 3 heterocycles. The Kier molecular flexibility index (Phi) is 5.50. The third-order valence-electron chi connectivity index (χ3n) is 5.79. The Morgan fingerprint density at radius 1 is 1.00 bits per heavy atom. The molecule has 164 valence electrons. The van der Waals surface area contributed by atoms with Crippen molar-refractivity contribution in [2.45, 2.75) is 12.8 Å². The summed E-state index contributed by atoms with van der Waals surface area (Å²) in [5.74, 6) is 1.23. The van der Waals surface area contributed by atoms with E-state index in [4.69, 9.17) is 4.74 Å². The number of likely N-dealkylation sites (tertiary alicyclic amines) is 1. The number of ether oxygens (including phenoxy) is 1. The first-order valence-electron chi connectivity index (χ1n) is 10.5. The maximum Gasteiger partial charge on any atom is 0.259 e. The number of hydrogen-bond acceptors (Lipinski definition) is 6. The van der Waals surface area contributed by atoms with E-state index in [1.165, 1.54) is 0 Å². The topological polar surface area (TPSA) is 108 Å². The fourth-order valence-electron chi connectivity index (χ4n) is 4.01. The SMILES string of the molecule is O=c1[nH]c2ccccc2cc1-c1nc2ccc(OCCN3CCC(=S(=O)=O)CC3)cc2[nH]1. The molecule has 1 aliphatic heterocycles. The lowest BCUT2D eigenvalue weighted by Gasteiger charge is -2.26. The number of para-hydroxylation sites is 1. The monoisotopic (exact) mass is 450 g/mol. The van der Waals surface area contributed by atoms with Crippen molar-refractivity contribution in [2.24, 2.45) is 0 Å². The van der Waals surface area contributed by atoms with E-state index in [9.17, 15) is 13.2 Å². The molecule has 1 aliphatic rings. The number of aromatic amines is 2. The van der Waals surface area contributed by atoms with Crippen LogP contribution in [0, 0.1) is 0 Å². The molecule has 0 atom stereocenters. The summed E-state index contributed by atoms with van der Waals surface area (Å²) in [5.41, 5.74) is 2.63. The normalized spacial score (nSPS) is 14.8. The lowest BCUT2D eigenvalue weighted by atomic mass is 10.1. The molecule has 9 heteroatoms. The Labute approximate surface area is 185 Å². The molecule has 5 rings (SSSR count). The van der Waals surface area contributed by atoms with Crippen LogP contribution >= 0.6 is 0 Å². The number of nitrogens with one attached hydrogen (secondary N) is 2. The van der Waals surface area contributed by atoms with Gasteiger partial charge in [-0.05, 0) is 42.5 Å². The predicted octanol–water partition coefficient (Wildman–Crippen LogP) is 2.60. The summed E-state index contributed by atoms with van der Waals surface area (Å²) in [6.45, 7) is 2.70. The van der Waals surface area contributed by atoms with E-state index in [2.05, 4.69) is 19.9 Å². The molecule has 0 bridgehead atoms. The van der Waals surface area contributed by atoms with E-state index in [1.54, 1.807) is 0 Å². The highest BCUT2D eigenvalue weighted by Crippen LogP contribution is 2.24. The number of aromatic nitrogens is 3. The smallest absolute Gasteiger partial charge is 0.259 e. The van der Waals surface area contributed by atoms with Gasteiger partial charge in [-0.1, -0.05) is 18.2 Å². The molecular weight excluding hydrogens is 428 g/mol. The van der Waals surface area contributed by atoms with Gasteiger partial charge in [-0.15, -0.1) is 0 Å². The highest BCUT2D eigenvalue weighted by atomic mass is 32.2. The Hall–Kier alpha value is -3.43. The number of piperidine rings is 1. The number of hydrogen-bond donors (Lipinski definition) is 2. The Morgan fingerprint density at radius 3 is 2.62 bits per heavy atom. The molecule has 2 aromatic carbocycles. The molecule has 1 saturated heterocycles. The van der Waals surface area contributed by atoms with E-state index in [0.717, 1.165) is 41.6 Å². The zero-order valence-electron chi connectivity index (χ0n) is 17.3. The molecule has 32 heavy (non-hydrogen) atoms. The zero-order chi connectivity index (χ0) is 22.1. The number of benzene rings is 2. The summed E-state index contributed by atoms with van der Waals surface area (Å²) in [5, 5.41) is 0.940. The van der Waals surface area contributed by atoms with Gasteiger partial charge >= 0.3 is 0 Å². The second kappa shape index (κ2) is 8.60. The quantitative estimate of drug-likeness (QED) is 0.453. The Balaban J connectivity index is 1.29. The van der Waals surface area contributed by atoms with Crippen LogP contribution in [0.15, 0.2) is 53.3 Å². The Morgan fingerprint density at radius 2 is 1.81 bits per heavy atom. The summed E-state index contributed by atoms with van der Waals surface area (Å²) in [7, 11) is -2.06. The number of pyridine rings is 1. The molecule has 1 fully saturated rings. The largest absolute Gasteiger partial charge is 0.492 e. The molecule has 2 N–H and O–H groups in total. The predicted molar refractivity (Wildman–Crippen MR) is 125 cm³/mol. The van der Waals surface area contributed by atoms with Gasteiger partial charge in [0.05, 0.1) is 21.5 Å². The van der Waals surface area contributed by atoms with Gasteiger partial charge in [-0.2, -0.15) is 8.42 Å². The second-order valence-electron chi connectivity index (χ2n) is 7.83. The molecule has 0 aliphatic carbocycles. The van der Waals surface area contributed by atoms with E-state index < -0.39 is 10.3 Å². The van der Waals surface area contributed by atoms with Gasteiger partial charge in [0.1, 0.15) is 18.2 Å². The lowest BCUT2D eigenvalue weighted by molar-refractivity contribution is 0.209. The maximum atomic E-state index is 12.5. The summed E-state index contributed by atoms with van der Waals surface area (Å²) in [6.07, 6.45) is 1.18. The molecule has 0 amide bonds. The highest BCUT2D eigenvalue weighted by molar-refractivity contribution is 7.73. The van der Waals surface area contributed by atoms with Crippen molar-refractivity contribution in [3.8, 4) is 17.1 Å². The number of rotatable bonds is 5. The average molecular weight is 451 g/mol. The Bertz CT molecular complexity index is 1490. The first kappa shape index (κ1) is 20.5. The van der Waals surface area contributed by atoms with Gasteiger partial charge < -0.3 is 14.7 Å². The number of H-pyrrole nitrogens is 2. The van der Waals surface area contributed by atoms with Crippen LogP contribution < -0.4 is 10.3 Å². The van der Waals surface area contributed by atoms with Crippen molar-refractivity contribution in [2.75, 3.05) is 26.2 Å². The minimum atomic E-state index is -2.06. The van der Waals surface area contributed by atoms with Gasteiger partial charge in [0.2, 0.25) is 10.3 Å². The van der Waals surface area contributed by atoms with Gasteiger partial charge in [-0.25, -0.2) is 4.98 Å². The average Bonchev–Trinajstić information content (AvgIpc) is 3.22. The molecule has 2 aromatic heterocycles. The molecular formula is C23H22N4O4S.